The van der Waals surface area contributed by atoms with Crippen molar-refractivity contribution in [1.82, 2.24) is 5.32 Å². The molecule has 1 saturated heterocycles. The molecule has 0 bridgehead atoms. The summed E-state index contributed by atoms with van der Waals surface area (Å²) >= 11 is 0. The summed E-state index contributed by atoms with van der Waals surface area (Å²) < 4.78 is 0. The largest absolute Gasteiger partial charge is 0.393 e. The zero-order chi connectivity index (χ0) is 7.19. The second-order valence-corrected chi connectivity index (χ2v) is 3.52. The standard InChI is InChI=1S/C7H11NO2/c9-5-1-7(2-5)3-6(10)8-4-7/h5,9H,1-4H2,(H,8,10). The van der Waals surface area contributed by atoms with E-state index in [1.54, 1.807) is 0 Å². The Labute approximate surface area is 59.4 Å². The molecule has 2 rings (SSSR count). The SMILES string of the molecule is O=C1CC2(CN1)CC(O)C2. The average molecular weight is 141 g/mol. The Morgan fingerprint density at radius 2 is 2.30 bits per heavy atom. The summed E-state index contributed by atoms with van der Waals surface area (Å²) in [6.45, 7) is 0.781. The number of hydrogen-bond acceptors (Lipinski definition) is 2. The zero-order valence-electron chi connectivity index (χ0n) is 5.76. The summed E-state index contributed by atoms with van der Waals surface area (Å²) in [6.07, 6.45) is 2.11. The summed E-state index contributed by atoms with van der Waals surface area (Å²) in [5.74, 6) is 0.145. The molecule has 56 valence electrons. The number of carbonyl (C=O) groups is 1. The van der Waals surface area contributed by atoms with E-state index in [1.807, 2.05) is 0 Å². The van der Waals surface area contributed by atoms with Gasteiger partial charge in [-0.25, -0.2) is 0 Å². The van der Waals surface area contributed by atoms with E-state index in [0.29, 0.717) is 6.42 Å². The molecule has 0 aromatic carbocycles. The second kappa shape index (κ2) is 1.72. The molecule has 10 heavy (non-hydrogen) atoms. The molecule has 0 atom stereocenters. The number of aliphatic hydroxyl groups is 1. The fourth-order valence-electron chi connectivity index (χ4n) is 1.98. The smallest absolute Gasteiger partial charge is 0.220 e. The fraction of sp³-hybridized carbons (Fsp3) is 0.857. The predicted molar refractivity (Wildman–Crippen MR) is 35.3 cm³/mol. The molecule has 1 amide bonds. The number of carbonyl (C=O) groups excluding carboxylic acids is 1. The van der Waals surface area contributed by atoms with Crippen molar-refractivity contribution in [3.05, 3.63) is 0 Å². The number of nitrogens with one attached hydrogen (secondary N) is 1. The van der Waals surface area contributed by atoms with Gasteiger partial charge in [-0.2, -0.15) is 0 Å². The van der Waals surface area contributed by atoms with Crippen LogP contribution in [0.25, 0.3) is 0 Å². The van der Waals surface area contributed by atoms with Crippen molar-refractivity contribution in [2.75, 3.05) is 6.54 Å². The van der Waals surface area contributed by atoms with Gasteiger partial charge in [0, 0.05) is 18.4 Å². The molecule has 0 aromatic rings. The molecular formula is C7H11NO2. The highest BCUT2D eigenvalue weighted by atomic mass is 16.3. The van der Waals surface area contributed by atoms with Gasteiger partial charge >= 0.3 is 0 Å². The maximum atomic E-state index is 10.8. The van der Waals surface area contributed by atoms with Gasteiger partial charge in [0.05, 0.1) is 6.10 Å². The summed E-state index contributed by atoms with van der Waals surface area (Å²) in [5.41, 5.74) is 0.149. The number of rotatable bonds is 0. The van der Waals surface area contributed by atoms with E-state index in [-0.39, 0.29) is 17.4 Å². The minimum absolute atomic E-state index is 0.145. The molecule has 1 aliphatic heterocycles. The lowest BCUT2D eigenvalue weighted by atomic mass is 9.66. The van der Waals surface area contributed by atoms with E-state index in [4.69, 9.17) is 5.11 Å². The van der Waals surface area contributed by atoms with E-state index < -0.39 is 0 Å². The minimum atomic E-state index is -0.146. The van der Waals surface area contributed by atoms with Crippen molar-refractivity contribution in [3.8, 4) is 0 Å². The van der Waals surface area contributed by atoms with Crippen molar-refractivity contribution >= 4 is 5.91 Å². The van der Waals surface area contributed by atoms with Gasteiger partial charge in [-0.1, -0.05) is 0 Å². The first-order valence-electron chi connectivity index (χ1n) is 3.65. The molecule has 2 N–H and O–H groups in total. The lowest BCUT2D eigenvalue weighted by molar-refractivity contribution is -0.120. The monoisotopic (exact) mass is 141 g/mol. The van der Waals surface area contributed by atoms with E-state index in [1.165, 1.54) is 0 Å². The Morgan fingerprint density at radius 1 is 1.60 bits per heavy atom. The quantitative estimate of drug-likeness (QED) is 0.484. The highest BCUT2D eigenvalue weighted by Crippen LogP contribution is 2.45. The van der Waals surface area contributed by atoms with Gasteiger partial charge in [0.15, 0.2) is 0 Å². The Morgan fingerprint density at radius 3 is 2.70 bits per heavy atom. The van der Waals surface area contributed by atoms with E-state index in [0.717, 1.165) is 19.4 Å². The normalized spacial score (nSPS) is 45.3. The molecule has 0 unspecified atom stereocenters. The van der Waals surface area contributed by atoms with Crippen molar-refractivity contribution < 1.29 is 9.90 Å². The molecule has 1 spiro atoms. The van der Waals surface area contributed by atoms with Gasteiger partial charge in [-0.05, 0) is 12.8 Å². The number of amides is 1. The van der Waals surface area contributed by atoms with Crippen LogP contribution in [0.2, 0.25) is 0 Å². The first-order valence-corrected chi connectivity index (χ1v) is 3.65. The molecular weight excluding hydrogens is 130 g/mol. The molecule has 3 nitrogen and oxygen atoms in total. The van der Waals surface area contributed by atoms with Gasteiger partial charge in [0.1, 0.15) is 0 Å². The molecule has 1 aliphatic carbocycles. The van der Waals surface area contributed by atoms with Crippen LogP contribution >= 0.6 is 0 Å². The highest BCUT2D eigenvalue weighted by molar-refractivity contribution is 5.79. The van der Waals surface area contributed by atoms with Crippen LogP contribution in [0.1, 0.15) is 19.3 Å². The van der Waals surface area contributed by atoms with Crippen molar-refractivity contribution in [2.45, 2.75) is 25.4 Å². The number of aliphatic hydroxyl groups excluding tert-OH is 1. The lowest BCUT2D eigenvalue weighted by Gasteiger charge is -2.40. The number of hydrogen-bond donors (Lipinski definition) is 2. The van der Waals surface area contributed by atoms with Gasteiger partial charge in [0.2, 0.25) is 5.91 Å². The lowest BCUT2D eigenvalue weighted by Crippen LogP contribution is -2.42. The van der Waals surface area contributed by atoms with Crippen molar-refractivity contribution in [1.29, 1.82) is 0 Å². The van der Waals surface area contributed by atoms with Gasteiger partial charge in [-0.3, -0.25) is 4.79 Å². The Kier molecular flexibility index (Phi) is 1.06. The molecule has 1 heterocycles. The zero-order valence-corrected chi connectivity index (χ0v) is 5.76. The first-order chi connectivity index (χ1) is 4.70. The third kappa shape index (κ3) is 0.736. The van der Waals surface area contributed by atoms with E-state index in [9.17, 15) is 4.79 Å². The molecule has 2 aliphatic rings. The third-order valence-electron chi connectivity index (χ3n) is 2.53. The van der Waals surface area contributed by atoms with Crippen LogP contribution in [0, 0.1) is 5.41 Å². The van der Waals surface area contributed by atoms with Gasteiger partial charge in [0.25, 0.3) is 0 Å². The van der Waals surface area contributed by atoms with Crippen LogP contribution in [0.4, 0.5) is 0 Å². The maximum Gasteiger partial charge on any atom is 0.220 e. The fourth-order valence-corrected chi connectivity index (χ4v) is 1.98. The van der Waals surface area contributed by atoms with Gasteiger partial charge in [-0.15, -0.1) is 0 Å². The van der Waals surface area contributed by atoms with Crippen LogP contribution in [0.5, 0.6) is 0 Å². The summed E-state index contributed by atoms with van der Waals surface area (Å²) in [7, 11) is 0. The Balaban J connectivity index is 2.01. The molecule has 3 heteroatoms. The third-order valence-corrected chi connectivity index (χ3v) is 2.53. The Bertz CT molecular complexity index is 172. The first kappa shape index (κ1) is 6.16. The van der Waals surface area contributed by atoms with Crippen molar-refractivity contribution in [3.63, 3.8) is 0 Å². The second-order valence-electron chi connectivity index (χ2n) is 3.52. The topological polar surface area (TPSA) is 49.3 Å². The highest BCUT2D eigenvalue weighted by Gasteiger charge is 2.48. The van der Waals surface area contributed by atoms with E-state index >= 15 is 0 Å². The Hall–Kier alpha value is -0.570. The summed E-state index contributed by atoms with van der Waals surface area (Å²) in [6, 6.07) is 0. The predicted octanol–water partition coefficient (Wildman–Crippen LogP) is -0.353. The molecule has 1 saturated carbocycles. The maximum absolute atomic E-state index is 10.8. The average Bonchev–Trinajstić information content (AvgIpc) is 2.10. The molecule has 0 radical (unpaired) electrons. The molecule has 0 aromatic heterocycles. The molecule has 2 fully saturated rings. The van der Waals surface area contributed by atoms with Crippen LogP contribution in [-0.2, 0) is 4.79 Å². The van der Waals surface area contributed by atoms with Gasteiger partial charge < -0.3 is 10.4 Å². The summed E-state index contributed by atoms with van der Waals surface area (Å²) in [4.78, 5) is 10.8. The van der Waals surface area contributed by atoms with Crippen LogP contribution in [0.15, 0.2) is 0 Å². The summed E-state index contributed by atoms with van der Waals surface area (Å²) in [5, 5.41) is 11.8. The van der Waals surface area contributed by atoms with E-state index in [2.05, 4.69) is 5.32 Å². The van der Waals surface area contributed by atoms with Crippen LogP contribution < -0.4 is 5.32 Å². The minimum Gasteiger partial charge on any atom is -0.393 e. The van der Waals surface area contributed by atoms with Crippen LogP contribution in [-0.4, -0.2) is 23.7 Å². The van der Waals surface area contributed by atoms with Crippen molar-refractivity contribution in [2.24, 2.45) is 5.41 Å². The van der Waals surface area contributed by atoms with Crippen LogP contribution in [0.3, 0.4) is 0 Å².